The van der Waals surface area contributed by atoms with Gasteiger partial charge in [-0.2, -0.15) is 0 Å². The van der Waals surface area contributed by atoms with E-state index in [1.807, 2.05) is 0 Å². The largest absolute Gasteiger partial charge is 0.372 e. The van der Waals surface area contributed by atoms with Crippen LogP contribution in [-0.4, -0.2) is 36.1 Å². The second-order valence-corrected chi connectivity index (χ2v) is 10.3. The van der Waals surface area contributed by atoms with E-state index < -0.39 is 0 Å². The number of thiazole rings is 2. The summed E-state index contributed by atoms with van der Waals surface area (Å²) >= 11 is 3.52. The molecule has 0 unspecified atom stereocenters. The zero-order valence-corrected chi connectivity index (χ0v) is 21.8. The summed E-state index contributed by atoms with van der Waals surface area (Å²) in [5.41, 5.74) is 6.97. The summed E-state index contributed by atoms with van der Waals surface area (Å²) in [5, 5.41) is 2.12. The number of rotatable bonds is 8. The molecule has 3 aromatic carbocycles. The highest BCUT2D eigenvalue weighted by Gasteiger charge is 2.12. The number of nitrogens with zero attached hydrogens (tertiary/aromatic N) is 4. The lowest BCUT2D eigenvalue weighted by atomic mass is 10.1. The Labute approximate surface area is 209 Å². The summed E-state index contributed by atoms with van der Waals surface area (Å²) in [6.07, 6.45) is 0. The zero-order chi connectivity index (χ0) is 23.7. The molecule has 0 fully saturated rings. The van der Waals surface area contributed by atoms with Gasteiger partial charge in [0, 0.05) is 48.7 Å². The number of fused-ring (bicyclic) bond motifs is 2. The van der Waals surface area contributed by atoms with Crippen molar-refractivity contribution >= 4 is 54.5 Å². The summed E-state index contributed by atoms with van der Waals surface area (Å²) in [7, 11) is 0. The maximum atomic E-state index is 4.90. The predicted molar refractivity (Wildman–Crippen MR) is 151 cm³/mol. The first-order valence-electron chi connectivity index (χ1n) is 12.0. The highest BCUT2D eigenvalue weighted by atomic mass is 32.1. The van der Waals surface area contributed by atoms with Gasteiger partial charge in [0.25, 0.3) is 0 Å². The minimum Gasteiger partial charge on any atom is -0.372 e. The van der Waals surface area contributed by atoms with Gasteiger partial charge in [0.15, 0.2) is 0 Å². The van der Waals surface area contributed by atoms with Crippen molar-refractivity contribution < 1.29 is 0 Å². The smallest absolute Gasteiger partial charge is 0.124 e. The van der Waals surface area contributed by atoms with Crippen molar-refractivity contribution in [3.05, 3.63) is 60.7 Å². The molecule has 6 heteroatoms. The van der Waals surface area contributed by atoms with Gasteiger partial charge in [-0.05, 0) is 64.1 Å². The summed E-state index contributed by atoms with van der Waals surface area (Å²) in [6.45, 7) is 12.8. The Morgan fingerprint density at radius 1 is 0.559 bits per heavy atom. The molecule has 0 atom stereocenters. The van der Waals surface area contributed by atoms with Gasteiger partial charge in [0.05, 0.1) is 20.4 Å². The number of hydrogen-bond acceptors (Lipinski definition) is 6. The average Bonchev–Trinajstić information content (AvgIpc) is 3.49. The van der Waals surface area contributed by atoms with Crippen LogP contribution in [0.5, 0.6) is 0 Å². The molecule has 0 aliphatic heterocycles. The molecule has 2 heterocycles. The number of hydrogen-bond donors (Lipinski definition) is 0. The molecule has 0 N–H and O–H groups in total. The average molecular weight is 487 g/mol. The van der Waals surface area contributed by atoms with Crippen molar-refractivity contribution in [2.75, 3.05) is 36.0 Å². The van der Waals surface area contributed by atoms with Crippen LogP contribution in [0.2, 0.25) is 0 Å². The van der Waals surface area contributed by atoms with Gasteiger partial charge in [0.1, 0.15) is 10.0 Å². The van der Waals surface area contributed by atoms with Crippen molar-refractivity contribution in [3.63, 3.8) is 0 Å². The monoisotopic (exact) mass is 486 g/mol. The van der Waals surface area contributed by atoms with Gasteiger partial charge in [-0.15, -0.1) is 22.7 Å². The van der Waals surface area contributed by atoms with E-state index in [2.05, 4.69) is 98.2 Å². The van der Waals surface area contributed by atoms with Gasteiger partial charge in [-0.3, -0.25) is 0 Å². The van der Waals surface area contributed by atoms with Crippen molar-refractivity contribution in [2.24, 2.45) is 0 Å². The maximum Gasteiger partial charge on any atom is 0.124 e. The van der Waals surface area contributed by atoms with Crippen molar-refractivity contribution in [2.45, 2.75) is 27.7 Å². The molecule has 0 bridgehead atoms. The van der Waals surface area contributed by atoms with Gasteiger partial charge in [-0.1, -0.05) is 24.3 Å². The van der Waals surface area contributed by atoms with Crippen LogP contribution in [0.15, 0.2) is 60.7 Å². The molecule has 0 aliphatic carbocycles. The van der Waals surface area contributed by atoms with Gasteiger partial charge in [0.2, 0.25) is 0 Å². The molecule has 174 valence electrons. The van der Waals surface area contributed by atoms with Crippen molar-refractivity contribution in [1.82, 2.24) is 9.97 Å². The minimum absolute atomic E-state index is 1.01. The Hall–Kier alpha value is -2.96. The highest BCUT2D eigenvalue weighted by molar-refractivity contribution is 7.22. The van der Waals surface area contributed by atoms with Crippen LogP contribution in [-0.2, 0) is 0 Å². The molecular formula is C28H30N4S2. The molecule has 0 radical (unpaired) electrons. The molecule has 0 spiro atoms. The standard InChI is InChI=1S/C28H30N4S2/c1-5-31(6-2)21-13-15-23-25(17-21)33-27(29-23)19-9-11-20(12-10-19)28-30-24-16-14-22(18-26(24)34-28)32(7-3)8-4/h9-18H,5-8H2,1-4H3. The maximum absolute atomic E-state index is 4.90. The van der Waals surface area contributed by atoms with Crippen LogP contribution in [0.3, 0.4) is 0 Å². The Kier molecular flexibility index (Phi) is 6.53. The van der Waals surface area contributed by atoms with E-state index in [0.29, 0.717) is 0 Å². The van der Waals surface area contributed by atoms with Crippen LogP contribution in [0.25, 0.3) is 41.6 Å². The summed E-state index contributed by atoms with van der Waals surface area (Å²) in [5.74, 6) is 0. The van der Waals surface area contributed by atoms with E-state index in [-0.39, 0.29) is 0 Å². The lowest BCUT2D eigenvalue weighted by Crippen LogP contribution is -2.21. The molecule has 5 aromatic rings. The predicted octanol–water partition coefficient (Wildman–Crippen LogP) is 7.93. The molecule has 4 nitrogen and oxygen atoms in total. The Morgan fingerprint density at radius 2 is 0.941 bits per heavy atom. The fourth-order valence-electron chi connectivity index (χ4n) is 4.40. The van der Waals surface area contributed by atoms with E-state index in [0.717, 1.165) is 58.4 Å². The fourth-order valence-corrected chi connectivity index (χ4v) is 6.41. The topological polar surface area (TPSA) is 32.3 Å². The Balaban J connectivity index is 1.42. The van der Waals surface area contributed by atoms with Crippen LogP contribution < -0.4 is 9.80 Å². The molecule has 0 amide bonds. The Bertz CT molecular complexity index is 1300. The van der Waals surface area contributed by atoms with Crippen molar-refractivity contribution in [3.8, 4) is 21.1 Å². The summed E-state index contributed by atoms with van der Waals surface area (Å²) in [4.78, 5) is 14.5. The minimum atomic E-state index is 1.01. The summed E-state index contributed by atoms with van der Waals surface area (Å²) in [6, 6.07) is 21.9. The normalized spacial score (nSPS) is 11.4. The molecular weight excluding hydrogens is 456 g/mol. The molecule has 5 rings (SSSR count). The quantitative estimate of drug-likeness (QED) is 0.223. The van der Waals surface area contributed by atoms with Crippen molar-refractivity contribution in [1.29, 1.82) is 0 Å². The number of benzene rings is 3. The third-order valence-corrected chi connectivity index (χ3v) is 8.51. The second kappa shape index (κ2) is 9.72. The zero-order valence-electron chi connectivity index (χ0n) is 20.2. The van der Waals surface area contributed by atoms with E-state index in [4.69, 9.17) is 9.97 Å². The molecule has 0 saturated carbocycles. The van der Waals surface area contributed by atoms with Gasteiger partial charge < -0.3 is 9.80 Å². The van der Waals surface area contributed by atoms with Crippen LogP contribution in [0, 0.1) is 0 Å². The fraction of sp³-hybridized carbons (Fsp3) is 0.286. The lowest BCUT2D eigenvalue weighted by Gasteiger charge is -2.20. The van der Waals surface area contributed by atoms with Crippen LogP contribution >= 0.6 is 22.7 Å². The molecule has 2 aromatic heterocycles. The first-order valence-corrected chi connectivity index (χ1v) is 13.7. The third-order valence-electron chi connectivity index (χ3n) is 6.38. The molecule has 34 heavy (non-hydrogen) atoms. The third kappa shape index (κ3) is 4.28. The van der Waals surface area contributed by atoms with Crippen LogP contribution in [0.4, 0.5) is 11.4 Å². The Morgan fingerprint density at radius 3 is 1.29 bits per heavy atom. The second-order valence-electron chi connectivity index (χ2n) is 8.26. The first-order chi connectivity index (χ1) is 16.6. The van der Waals surface area contributed by atoms with E-state index in [1.165, 1.54) is 20.8 Å². The highest BCUT2D eigenvalue weighted by Crippen LogP contribution is 2.36. The first kappa shape index (κ1) is 22.8. The van der Waals surface area contributed by atoms with Crippen LogP contribution in [0.1, 0.15) is 27.7 Å². The number of aromatic nitrogens is 2. The SMILES string of the molecule is CCN(CC)c1ccc2nc(-c3ccc(-c4nc5ccc(N(CC)CC)cc5s4)cc3)sc2c1. The number of anilines is 2. The molecule has 0 aliphatic rings. The van der Waals surface area contributed by atoms with E-state index in [9.17, 15) is 0 Å². The van der Waals surface area contributed by atoms with Gasteiger partial charge in [-0.25, -0.2) is 9.97 Å². The van der Waals surface area contributed by atoms with Gasteiger partial charge >= 0.3 is 0 Å². The lowest BCUT2D eigenvalue weighted by molar-refractivity contribution is 0.867. The molecule has 0 saturated heterocycles. The van der Waals surface area contributed by atoms with E-state index >= 15 is 0 Å². The van der Waals surface area contributed by atoms with E-state index in [1.54, 1.807) is 22.7 Å². The summed E-state index contributed by atoms with van der Waals surface area (Å²) < 4.78 is 2.47.